The third-order valence-corrected chi connectivity index (χ3v) is 4.08. The lowest BCUT2D eigenvalue weighted by Gasteiger charge is -2.33. The van der Waals surface area contributed by atoms with Crippen molar-refractivity contribution in [3.8, 4) is 0 Å². The zero-order valence-electron chi connectivity index (χ0n) is 10.9. The van der Waals surface area contributed by atoms with Crippen molar-refractivity contribution in [2.75, 3.05) is 53.4 Å². The van der Waals surface area contributed by atoms with E-state index in [0.29, 0.717) is 0 Å². The SMILES string of the molecule is CN1CCCC(CCN(C)CC2CNC2)C1. The Bertz CT molecular complexity index is 203. The molecule has 2 aliphatic rings. The molecule has 0 aromatic rings. The Balaban J connectivity index is 1.58. The quantitative estimate of drug-likeness (QED) is 0.749. The maximum Gasteiger partial charge on any atom is 0.00309 e. The van der Waals surface area contributed by atoms with Crippen molar-refractivity contribution in [2.24, 2.45) is 11.8 Å². The second-order valence-electron chi connectivity index (χ2n) is 5.85. The van der Waals surface area contributed by atoms with Gasteiger partial charge in [-0.1, -0.05) is 0 Å². The summed E-state index contributed by atoms with van der Waals surface area (Å²) in [5.41, 5.74) is 0. The lowest BCUT2D eigenvalue weighted by Crippen LogP contribution is -2.47. The van der Waals surface area contributed by atoms with Gasteiger partial charge in [0.05, 0.1) is 0 Å². The summed E-state index contributed by atoms with van der Waals surface area (Å²) in [6, 6.07) is 0. The molecule has 3 nitrogen and oxygen atoms in total. The van der Waals surface area contributed by atoms with Gasteiger partial charge in [-0.3, -0.25) is 0 Å². The largest absolute Gasteiger partial charge is 0.316 e. The van der Waals surface area contributed by atoms with Crippen molar-refractivity contribution in [2.45, 2.75) is 19.3 Å². The fourth-order valence-electron chi connectivity index (χ4n) is 2.92. The van der Waals surface area contributed by atoms with Crippen LogP contribution in [-0.4, -0.2) is 63.2 Å². The van der Waals surface area contributed by atoms with Gasteiger partial charge in [0.1, 0.15) is 0 Å². The molecule has 1 unspecified atom stereocenters. The summed E-state index contributed by atoms with van der Waals surface area (Å²) in [7, 11) is 4.54. The van der Waals surface area contributed by atoms with Crippen LogP contribution in [0.4, 0.5) is 0 Å². The monoisotopic (exact) mass is 225 g/mol. The predicted octanol–water partition coefficient (Wildman–Crippen LogP) is 0.870. The molecule has 2 aliphatic heterocycles. The average molecular weight is 225 g/mol. The molecule has 0 bridgehead atoms. The van der Waals surface area contributed by atoms with Crippen molar-refractivity contribution in [1.29, 1.82) is 0 Å². The van der Waals surface area contributed by atoms with E-state index in [0.717, 1.165) is 11.8 Å². The van der Waals surface area contributed by atoms with Crippen LogP contribution < -0.4 is 5.32 Å². The molecule has 3 heteroatoms. The minimum atomic E-state index is 0.916. The van der Waals surface area contributed by atoms with Gasteiger partial charge >= 0.3 is 0 Å². The van der Waals surface area contributed by atoms with E-state index in [-0.39, 0.29) is 0 Å². The summed E-state index contributed by atoms with van der Waals surface area (Å²) in [6.07, 6.45) is 4.24. The first kappa shape index (κ1) is 12.3. The topological polar surface area (TPSA) is 18.5 Å². The van der Waals surface area contributed by atoms with E-state index in [1.54, 1.807) is 0 Å². The van der Waals surface area contributed by atoms with Gasteiger partial charge in [0, 0.05) is 26.2 Å². The fourth-order valence-corrected chi connectivity index (χ4v) is 2.92. The number of rotatable bonds is 5. The molecule has 1 N–H and O–H groups in total. The molecule has 2 fully saturated rings. The Hall–Kier alpha value is -0.120. The Kier molecular flexibility index (Phi) is 4.62. The van der Waals surface area contributed by atoms with Gasteiger partial charge in [-0.15, -0.1) is 0 Å². The van der Waals surface area contributed by atoms with Crippen LogP contribution in [-0.2, 0) is 0 Å². The molecule has 0 amide bonds. The lowest BCUT2D eigenvalue weighted by atomic mass is 9.94. The summed E-state index contributed by atoms with van der Waals surface area (Å²) in [4.78, 5) is 5.02. The van der Waals surface area contributed by atoms with Crippen molar-refractivity contribution in [3.63, 3.8) is 0 Å². The Labute approximate surface area is 100 Å². The maximum absolute atomic E-state index is 3.34. The number of hydrogen-bond acceptors (Lipinski definition) is 3. The molecule has 1 atom stereocenters. The van der Waals surface area contributed by atoms with Gasteiger partial charge in [0.25, 0.3) is 0 Å². The van der Waals surface area contributed by atoms with Crippen LogP contribution in [0.2, 0.25) is 0 Å². The maximum atomic E-state index is 3.34. The van der Waals surface area contributed by atoms with Crippen LogP contribution in [0.5, 0.6) is 0 Å². The molecule has 0 aromatic carbocycles. The van der Waals surface area contributed by atoms with Crippen LogP contribution in [0.1, 0.15) is 19.3 Å². The molecule has 2 rings (SSSR count). The fraction of sp³-hybridized carbons (Fsp3) is 1.00. The molecule has 0 spiro atoms. The zero-order chi connectivity index (χ0) is 11.4. The van der Waals surface area contributed by atoms with E-state index >= 15 is 0 Å². The molecular formula is C13H27N3. The number of nitrogens with one attached hydrogen (secondary N) is 1. The van der Waals surface area contributed by atoms with E-state index in [2.05, 4.69) is 29.2 Å². The van der Waals surface area contributed by atoms with E-state index in [4.69, 9.17) is 0 Å². The smallest absolute Gasteiger partial charge is 0.00309 e. The second-order valence-corrected chi connectivity index (χ2v) is 5.85. The molecular weight excluding hydrogens is 198 g/mol. The van der Waals surface area contributed by atoms with Gasteiger partial charge in [0.15, 0.2) is 0 Å². The number of likely N-dealkylation sites (tertiary alicyclic amines) is 1. The van der Waals surface area contributed by atoms with Crippen molar-refractivity contribution < 1.29 is 0 Å². The van der Waals surface area contributed by atoms with Gasteiger partial charge in [-0.2, -0.15) is 0 Å². The highest BCUT2D eigenvalue weighted by Gasteiger charge is 2.20. The van der Waals surface area contributed by atoms with Crippen LogP contribution in [0.15, 0.2) is 0 Å². The molecule has 2 saturated heterocycles. The van der Waals surface area contributed by atoms with E-state index in [9.17, 15) is 0 Å². The minimum absolute atomic E-state index is 0.916. The zero-order valence-corrected chi connectivity index (χ0v) is 10.9. The van der Waals surface area contributed by atoms with E-state index < -0.39 is 0 Å². The summed E-state index contributed by atoms with van der Waals surface area (Å²) < 4.78 is 0. The van der Waals surface area contributed by atoms with Gasteiger partial charge in [-0.25, -0.2) is 0 Å². The Morgan fingerprint density at radius 1 is 1.31 bits per heavy atom. The minimum Gasteiger partial charge on any atom is -0.316 e. The molecule has 0 aromatic heterocycles. The number of nitrogens with zero attached hydrogens (tertiary/aromatic N) is 2. The highest BCUT2D eigenvalue weighted by atomic mass is 15.1. The molecule has 0 aliphatic carbocycles. The first-order valence-corrected chi connectivity index (χ1v) is 6.82. The van der Waals surface area contributed by atoms with Gasteiger partial charge < -0.3 is 15.1 Å². The van der Waals surface area contributed by atoms with Crippen molar-refractivity contribution >= 4 is 0 Å². The van der Waals surface area contributed by atoms with Crippen LogP contribution >= 0.6 is 0 Å². The predicted molar refractivity (Wildman–Crippen MR) is 68.7 cm³/mol. The highest BCUT2D eigenvalue weighted by molar-refractivity contribution is 4.78. The van der Waals surface area contributed by atoms with Crippen LogP contribution in [0.25, 0.3) is 0 Å². The summed E-state index contributed by atoms with van der Waals surface area (Å²) in [5.74, 6) is 1.86. The van der Waals surface area contributed by atoms with E-state index in [1.807, 2.05) is 0 Å². The van der Waals surface area contributed by atoms with Gasteiger partial charge in [-0.05, 0) is 58.3 Å². The summed E-state index contributed by atoms with van der Waals surface area (Å²) in [5, 5.41) is 3.34. The van der Waals surface area contributed by atoms with Gasteiger partial charge in [0.2, 0.25) is 0 Å². The standard InChI is InChI=1S/C13H27N3/c1-15-6-3-4-12(10-15)5-7-16(2)11-13-8-14-9-13/h12-14H,3-11H2,1-2H3. The van der Waals surface area contributed by atoms with Crippen LogP contribution in [0, 0.1) is 11.8 Å². The Morgan fingerprint density at radius 2 is 2.12 bits per heavy atom. The molecule has 2 heterocycles. The molecule has 0 radical (unpaired) electrons. The Morgan fingerprint density at radius 3 is 2.75 bits per heavy atom. The van der Waals surface area contributed by atoms with E-state index in [1.165, 1.54) is 58.5 Å². The van der Waals surface area contributed by atoms with Crippen molar-refractivity contribution in [1.82, 2.24) is 15.1 Å². The second kappa shape index (κ2) is 5.99. The molecule has 16 heavy (non-hydrogen) atoms. The summed E-state index contributed by atoms with van der Waals surface area (Å²) >= 11 is 0. The summed E-state index contributed by atoms with van der Waals surface area (Å²) in [6.45, 7) is 7.66. The third kappa shape index (κ3) is 3.72. The molecule has 94 valence electrons. The van der Waals surface area contributed by atoms with Crippen molar-refractivity contribution in [3.05, 3.63) is 0 Å². The molecule has 0 saturated carbocycles. The highest BCUT2D eigenvalue weighted by Crippen LogP contribution is 2.18. The number of piperidine rings is 1. The first-order valence-electron chi connectivity index (χ1n) is 6.82. The average Bonchev–Trinajstić information content (AvgIpc) is 2.21. The number of hydrogen-bond donors (Lipinski definition) is 1. The third-order valence-electron chi connectivity index (χ3n) is 4.08. The first-order chi connectivity index (χ1) is 7.74. The lowest BCUT2D eigenvalue weighted by molar-refractivity contribution is 0.171. The van der Waals surface area contributed by atoms with Crippen LogP contribution in [0.3, 0.4) is 0 Å². The normalized spacial score (nSPS) is 28.3.